The average Bonchev–Trinajstić information content (AvgIpc) is 2.81. The van der Waals surface area contributed by atoms with Gasteiger partial charge in [-0.05, 0) is 39.7 Å². The van der Waals surface area contributed by atoms with Crippen LogP contribution in [0.3, 0.4) is 0 Å². The van der Waals surface area contributed by atoms with E-state index >= 15 is 0 Å². The summed E-state index contributed by atoms with van der Waals surface area (Å²) < 4.78 is 7.22. The number of alkyl carbamates (subject to hydrolysis) is 1. The van der Waals surface area contributed by atoms with Gasteiger partial charge in [-0.15, -0.1) is 0 Å². The van der Waals surface area contributed by atoms with Crippen LogP contribution in [0.1, 0.15) is 53.2 Å². The van der Waals surface area contributed by atoms with E-state index in [0.29, 0.717) is 13.1 Å². The van der Waals surface area contributed by atoms with E-state index in [1.807, 2.05) is 38.6 Å². The minimum atomic E-state index is -0.487. The number of hydrogen-bond acceptors (Lipinski definition) is 4. The Morgan fingerprint density at radius 3 is 2.41 bits per heavy atom. The molecule has 0 atom stereocenters. The van der Waals surface area contributed by atoms with E-state index in [2.05, 4.69) is 29.6 Å². The second-order valence-corrected chi connectivity index (χ2v) is 6.66. The average molecular weight is 310 g/mol. The summed E-state index contributed by atoms with van der Waals surface area (Å²) in [6.45, 7) is 11.2. The third-order valence-electron chi connectivity index (χ3n) is 3.81. The molecule has 1 rings (SSSR count). The summed E-state index contributed by atoms with van der Waals surface area (Å²) >= 11 is 0. The first-order valence-electron chi connectivity index (χ1n) is 7.90. The molecule has 0 spiro atoms. The molecule has 0 bridgehead atoms. The Labute approximate surface area is 133 Å². The number of nitrogens with one attached hydrogen (secondary N) is 2. The Bertz CT molecular complexity index is 473. The van der Waals surface area contributed by atoms with Crippen molar-refractivity contribution in [3.05, 3.63) is 18.0 Å². The first kappa shape index (κ1) is 18.5. The molecule has 0 saturated carbocycles. The maximum atomic E-state index is 12.1. The monoisotopic (exact) mass is 310 g/mol. The van der Waals surface area contributed by atoms with Crippen LogP contribution in [0.15, 0.2) is 12.3 Å². The summed E-state index contributed by atoms with van der Waals surface area (Å²) in [4.78, 5) is 12.1. The van der Waals surface area contributed by atoms with Gasteiger partial charge in [-0.1, -0.05) is 13.8 Å². The first-order chi connectivity index (χ1) is 10.2. The molecule has 126 valence electrons. The maximum absolute atomic E-state index is 12.1. The number of ether oxygens (including phenoxy) is 1. The number of hydrogen-bond donors (Lipinski definition) is 2. The normalized spacial score (nSPS) is 12.3. The van der Waals surface area contributed by atoms with Gasteiger partial charge in [-0.2, -0.15) is 5.10 Å². The number of aromatic nitrogens is 2. The molecule has 6 nitrogen and oxygen atoms in total. The number of rotatable bonds is 7. The van der Waals surface area contributed by atoms with E-state index < -0.39 is 5.60 Å². The Balaban J connectivity index is 2.58. The minimum Gasteiger partial charge on any atom is -0.444 e. The summed E-state index contributed by atoms with van der Waals surface area (Å²) in [5, 5.41) is 10.6. The predicted molar refractivity (Wildman–Crippen MR) is 87.6 cm³/mol. The third-order valence-corrected chi connectivity index (χ3v) is 3.81. The van der Waals surface area contributed by atoms with Gasteiger partial charge < -0.3 is 15.4 Å². The van der Waals surface area contributed by atoms with Gasteiger partial charge in [0.15, 0.2) is 0 Å². The maximum Gasteiger partial charge on any atom is 0.408 e. The molecule has 1 aromatic heterocycles. The fourth-order valence-corrected chi connectivity index (χ4v) is 2.25. The van der Waals surface area contributed by atoms with E-state index in [1.54, 1.807) is 6.20 Å². The van der Waals surface area contributed by atoms with Crippen molar-refractivity contribution in [2.24, 2.45) is 7.05 Å². The van der Waals surface area contributed by atoms with E-state index in [9.17, 15) is 4.79 Å². The van der Waals surface area contributed by atoms with E-state index in [-0.39, 0.29) is 11.6 Å². The highest BCUT2D eigenvalue weighted by molar-refractivity contribution is 5.68. The zero-order valence-corrected chi connectivity index (χ0v) is 14.7. The van der Waals surface area contributed by atoms with Gasteiger partial charge in [-0.25, -0.2) is 4.79 Å². The SMILES string of the molecule is CCC(CC)(CNCc1ccnn1C)NC(=O)OC(C)(C)C. The molecule has 22 heavy (non-hydrogen) atoms. The lowest BCUT2D eigenvalue weighted by molar-refractivity contribution is 0.0445. The van der Waals surface area contributed by atoms with Crippen LogP contribution < -0.4 is 10.6 Å². The predicted octanol–water partition coefficient (Wildman–Crippen LogP) is 2.59. The van der Waals surface area contributed by atoms with Crippen LogP contribution in [0.2, 0.25) is 0 Å². The molecule has 0 saturated heterocycles. The Hall–Kier alpha value is -1.56. The first-order valence-corrected chi connectivity index (χ1v) is 7.90. The van der Waals surface area contributed by atoms with Crippen molar-refractivity contribution in [3.63, 3.8) is 0 Å². The van der Waals surface area contributed by atoms with Crippen LogP contribution in [0, 0.1) is 0 Å². The van der Waals surface area contributed by atoms with Gasteiger partial charge in [0.25, 0.3) is 0 Å². The fourth-order valence-electron chi connectivity index (χ4n) is 2.25. The summed E-state index contributed by atoms with van der Waals surface area (Å²) in [7, 11) is 1.92. The van der Waals surface area contributed by atoms with Gasteiger partial charge in [0.1, 0.15) is 5.60 Å². The molecule has 2 N–H and O–H groups in total. The largest absolute Gasteiger partial charge is 0.444 e. The summed E-state index contributed by atoms with van der Waals surface area (Å²) in [6.07, 6.45) is 3.09. The quantitative estimate of drug-likeness (QED) is 0.812. The van der Waals surface area contributed by atoms with Gasteiger partial charge in [0.05, 0.1) is 11.2 Å². The smallest absolute Gasteiger partial charge is 0.408 e. The van der Waals surface area contributed by atoms with E-state index in [0.717, 1.165) is 18.5 Å². The second-order valence-electron chi connectivity index (χ2n) is 6.66. The fraction of sp³-hybridized carbons (Fsp3) is 0.750. The number of carbonyl (C=O) groups is 1. The van der Waals surface area contributed by atoms with E-state index in [4.69, 9.17) is 4.74 Å². The second kappa shape index (κ2) is 7.63. The zero-order chi connectivity index (χ0) is 16.8. The molecule has 6 heteroatoms. The molecular weight excluding hydrogens is 280 g/mol. The highest BCUT2D eigenvalue weighted by Crippen LogP contribution is 2.16. The molecule has 1 aromatic rings. The van der Waals surface area contributed by atoms with Crippen molar-refractivity contribution in [1.82, 2.24) is 20.4 Å². The van der Waals surface area contributed by atoms with Gasteiger partial charge in [0.2, 0.25) is 0 Å². The highest BCUT2D eigenvalue weighted by atomic mass is 16.6. The molecule has 0 aliphatic carbocycles. The van der Waals surface area contributed by atoms with Crippen molar-refractivity contribution in [2.45, 2.75) is 65.1 Å². The molecule has 0 aliphatic heterocycles. The van der Waals surface area contributed by atoms with Crippen molar-refractivity contribution >= 4 is 6.09 Å². The Kier molecular flexibility index (Phi) is 6.41. The number of amides is 1. The Morgan fingerprint density at radius 2 is 1.95 bits per heavy atom. The highest BCUT2D eigenvalue weighted by Gasteiger charge is 2.30. The van der Waals surface area contributed by atoms with Crippen LogP contribution in [-0.4, -0.2) is 33.6 Å². The van der Waals surface area contributed by atoms with Crippen LogP contribution in [0.5, 0.6) is 0 Å². The van der Waals surface area contributed by atoms with Gasteiger partial charge in [-0.3, -0.25) is 4.68 Å². The third kappa shape index (κ3) is 5.67. The minimum absolute atomic E-state index is 0.305. The molecule has 0 unspecified atom stereocenters. The van der Waals surface area contributed by atoms with Crippen molar-refractivity contribution in [1.29, 1.82) is 0 Å². The molecule has 0 aliphatic rings. The summed E-state index contributed by atoms with van der Waals surface area (Å²) in [5.74, 6) is 0. The lowest BCUT2D eigenvalue weighted by Crippen LogP contribution is -2.55. The number of aryl methyl sites for hydroxylation is 1. The lowest BCUT2D eigenvalue weighted by atomic mass is 9.93. The van der Waals surface area contributed by atoms with Crippen LogP contribution in [0.4, 0.5) is 4.79 Å². The number of carbonyl (C=O) groups excluding carboxylic acids is 1. The lowest BCUT2D eigenvalue weighted by Gasteiger charge is -2.34. The van der Waals surface area contributed by atoms with Crippen molar-refractivity contribution in [3.8, 4) is 0 Å². The van der Waals surface area contributed by atoms with E-state index in [1.165, 1.54) is 0 Å². The molecule has 0 fully saturated rings. The van der Waals surface area contributed by atoms with Gasteiger partial charge in [0, 0.05) is 26.3 Å². The molecule has 1 amide bonds. The van der Waals surface area contributed by atoms with Gasteiger partial charge >= 0.3 is 6.09 Å². The molecule has 0 aromatic carbocycles. The summed E-state index contributed by atoms with van der Waals surface area (Å²) in [5.41, 5.74) is 0.318. The molecular formula is C16H30N4O2. The number of nitrogens with zero attached hydrogens (tertiary/aromatic N) is 2. The summed E-state index contributed by atoms with van der Waals surface area (Å²) in [6, 6.07) is 1.98. The standard InChI is InChI=1S/C16H30N4O2/c1-7-16(8-2,19-14(21)22-15(3,4)5)12-17-11-13-9-10-18-20(13)6/h9-10,17H,7-8,11-12H2,1-6H3,(H,19,21). The van der Waals surface area contributed by atoms with Crippen molar-refractivity contribution < 1.29 is 9.53 Å². The topological polar surface area (TPSA) is 68.2 Å². The molecule has 1 heterocycles. The van der Waals surface area contributed by atoms with Crippen LogP contribution >= 0.6 is 0 Å². The molecule has 0 radical (unpaired) electrons. The van der Waals surface area contributed by atoms with Crippen molar-refractivity contribution in [2.75, 3.05) is 6.54 Å². The Morgan fingerprint density at radius 1 is 1.32 bits per heavy atom. The zero-order valence-electron chi connectivity index (χ0n) is 14.7. The van der Waals surface area contributed by atoms with Crippen LogP contribution in [0.25, 0.3) is 0 Å². The van der Waals surface area contributed by atoms with Crippen LogP contribution in [-0.2, 0) is 18.3 Å².